The lowest BCUT2D eigenvalue weighted by molar-refractivity contribution is 0.669. The predicted octanol–water partition coefficient (Wildman–Crippen LogP) is 12.5. The average molecular weight is 658 g/mol. The van der Waals surface area contributed by atoms with E-state index < -0.39 is 0 Å². The fourth-order valence-corrected chi connectivity index (χ4v) is 8.20. The van der Waals surface area contributed by atoms with Gasteiger partial charge in [0.1, 0.15) is 11.2 Å². The first-order chi connectivity index (χ1) is 24.8. The fraction of sp³-hybridized carbons (Fsp3) is 0. The molecule has 0 aliphatic heterocycles. The molecule has 0 aliphatic rings. The standard InChI is InChI=1S/C45H27N3OS/c1-4-12-28(13-5-1)34-24-23-33(41-36-18-10-11-19-40(36)50-42(34)41)31-21-25-38-37(26-31)35-22-20-32(27-39(35)49-38)45-47-43(29-14-6-2-7-15-29)46-44(48-45)30-16-8-3-9-17-30/h1-27H. The van der Waals surface area contributed by atoms with Crippen LogP contribution in [-0.4, -0.2) is 15.0 Å². The molecule has 0 bridgehead atoms. The largest absolute Gasteiger partial charge is 0.456 e. The minimum absolute atomic E-state index is 0.603. The van der Waals surface area contributed by atoms with Crippen molar-refractivity contribution in [1.29, 1.82) is 0 Å². The topological polar surface area (TPSA) is 51.8 Å². The third kappa shape index (κ3) is 4.79. The molecule has 234 valence electrons. The molecule has 0 saturated heterocycles. The Morgan fingerprint density at radius 1 is 0.380 bits per heavy atom. The minimum Gasteiger partial charge on any atom is -0.456 e. The lowest BCUT2D eigenvalue weighted by Gasteiger charge is -2.10. The molecule has 7 aromatic carbocycles. The van der Waals surface area contributed by atoms with Crippen molar-refractivity contribution in [1.82, 2.24) is 15.0 Å². The van der Waals surface area contributed by atoms with Crippen LogP contribution in [0.15, 0.2) is 168 Å². The highest BCUT2D eigenvalue weighted by molar-refractivity contribution is 7.26. The van der Waals surface area contributed by atoms with E-state index in [2.05, 4.69) is 97.1 Å². The van der Waals surface area contributed by atoms with Crippen LogP contribution in [0.1, 0.15) is 0 Å². The number of fused-ring (bicyclic) bond motifs is 6. The van der Waals surface area contributed by atoms with Crippen LogP contribution in [0.4, 0.5) is 0 Å². The molecule has 0 spiro atoms. The third-order valence-corrected chi connectivity index (χ3v) is 10.6. The van der Waals surface area contributed by atoms with Crippen molar-refractivity contribution >= 4 is 53.4 Å². The number of hydrogen-bond acceptors (Lipinski definition) is 5. The van der Waals surface area contributed by atoms with Crippen molar-refractivity contribution in [3.8, 4) is 56.4 Å². The maximum atomic E-state index is 6.49. The Morgan fingerprint density at radius 3 is 1.66 bits per heavy atom. The molecule has 0 N–H and O–H groups in total. The normalized spacial score (nSPS) is 11.6. The average Bonchev–Trinajstić information content (AvgIpc) is 3.77. The fourth-order valence-electron chi connectivity index (χ4n) is 6.94. The number of hydrogen-bond donors (Lipinski definition) is 0. The Balaban J connectivity index is 1.11. The first kappa shape index (κ1) is 28.6. The van der Waals surface area contributed by atoms with Crippen molar-refractivity contribution in [3.05, 3.63) is 164 Å². The van der Waals surface area contributed by atoms with Crippen LogP contribution < -0.4 is 0 Å². The molecule has 0 radical (unpaired) electrons. The van der Waals surface area contributed by atoms with E-state index >= 15 is 0 Å². The van der Waals surface area contributed by atoms with Gasteiger partial charge in [-0.2, -0.15) is 0 Å². The van der Waals surface area contributed by atoms with Gasteiger partial charge in [-0.05, 0) is 52.6 Å². The first-order valence-corrected chi connectivity index (χ1v) is 17.4. The van der Waals surface area contributed by atoms with Gasteiger partial charge in [0.05, 0.1) is 0 Å². The second-order valence-corrected chi connectivity index (χ2v) is 13.4. The summed E-state index contributed by atoms with van der Waals surface area (Å²) >= 11 is 1.86. The Morgan fingerprint density at radius 2 is 0.960 bits per heavy atom. The second kappa shape index (κ2) is 11.6. The van der Waals surface area contributed by atoms with Gasteiger partial charge in [0.2, 0.25) is 0 Å². The van der Waals surface area contributed by atoms with E-state index in [0.29, 0.717) is 17.5 Å². The first-order valence-electron chi connectivity index (χ1n) is 16.6. The van der Waals surface area contributed by atoms with Gasteiger partial charge in [-0.1, -0.05) is 133 Å². The zero-order valence-corrected chi connectivity index (χ0v) is 27.6. The molecule has 0 atom stereocenters. The number of rotatable bonds is 5. The Bertz CT molecular complexity index is 2800. The summed E-state index contributed by atoms with van der Waals surface area (Å²) in [6.45, 7) is 0. The zero-order valence-electron chi connectivity index (χ0n) is 26.7. The van der Waals surface area contributed by atoms with Gasteiger partial charge in [-0.3, -0.25) is 0 Å². The number of thiophene rings is 1. The molecule has 0 amide bonds. The minimum atomic E-state index is 0.603. The molecule has 5 heteroatoms. The van der Waals surface area contributed by atoms with Crippen LogP contribution in [0.3, 0.4) is 0 Å². The van der Waals surface area contributed by atoms with E-state index in [-0.39, 0.29) is 0 Å². The number of aromatic nitrogens is 3. The van der Waals surface area contributed by atoms with E-state index in [1.807, 2.05) is 78.1 Å². The van der Waals surface area contributed by atoms with E-state index in [1.165, 1.54) is 36.9 Å². The molecule has 3 aromatic heterocycles. The summed E-state index contributed by atoms with van der Waals surface area (Å²) in [6, 6.07) is 56.8. The van der Waals surface area contributed by atoms with Gasteiger partial charge in [0.25, 0.3) is 0 Å². The van der Waals surface area contributed by atoms with Crippen molar-refractivity contribution < 1.29 is 4.42 Å². The van der Waals surface area contributed by atoms with Gasteiger partial charge >= 0.3 is 0 Å². The summed E-state index contributed by atoms with van der Waals surface area (Å²) in [6.07, 6.45) is 0. The molecule has 0 unspecified atom stereocenters. The van der Waals surface area contributed by atoms with Crippen molar-refractivity contribution in [2.24, 2.45) is 0 Å². The second-order valence-electron chi connectivity index (χ2n) is 12.4. The lowest BCUT2D eigenvalue weighted by Crippen LogP contribution is -2.00. The van der Waals surface area contributed by atoms with Crippen LogP contribution >= 0.6 is 11.3 Å². The lowest BCUT2D eigenvalue weighted by atomic mass is 9.94. The van der Waals surface area contributed by atoms with E-state index in [1.54, 1.807) is 0 Å². The molecule has 10 rings (SSSR count). The molecular weight excluding hydrogens is 631 g/mol. The maximum absolute atomic E-state index is 6.49. The Kier molecular flexibility index (Phi) is 6.64. The van der Waals surface area contributed by atoms with Crippen molar-refractivity contribution in [3.63, 3.8) is 0 Å². The van der Waals surface area contributed by atoms with Crippen LogP contribution in [-0.2, 0) is 0 Å². The quantitative estimate of drug-likeness (QED) is 0.185. The summed E-state index contributed by atoms with van der Waals surface area (Å²) in [7, 11) is 0. The Hall–Kier alpha value is -6.43. The SMILES string of the molecule is c1ccc(-c2nc(-c3ccccc3)nc(-c3ccc4c(c3)oc3ccc(-c5ccc(-c6ccccc6)c6sc7ccccc7c56)cc34)n2)cc1. The molecule has 4 nitrogen and oxygen atoms in total. The molecule has 0 fully saturated rings. The van der Waals surface area contributed by atoms with Crippen molar-refractivity contribution in [2.75, 3.05) is 0 Å². The van der Waals surface area contributed by atoms with E-state index in [4.69, 9.17) is 19.4 Å². The van der Waals surface area contributed by atoms with Gasteiger partial charge in [-0.25, -0.2) is 15.0 Å². The van der Waals surface area contributed by atoms with Crippen LogP contribution in [0.5, 0.6) is 0 Å². The summed E-state index contributed by atoms with van der Waals surface area (Å²) in [5.74, 6) is 1.87. The summed E-state index contributed by atoms with van der Waals surface area (Å²) in [4.78, 5) is 14.7. The van der Waals surface area contributed by atoms with E-state index in [9.17, 15) is 0 Å². The highest BCUT2D eigenvalue weighted by Gasteiger charge is 2.18. The molecule has 0 aliphatic carbocycles. The zero-order chi connectivity index (χ0) is 33.0. The van der Waals surface area contributed by atoms with Crippen LogP contribution in [0.25, 0.3) is 98.5 Å². The monoisotopic (exact) mass is 657 g/mol. The van der Waals surface area contributed by atoms with E-state index in [0.717, 1.165) is 44.2 Å². The molecule has 3 heterocycles. The smallest absolute Gasteiger partial charge is 0.164 e. The molecule has 0 saturated carbocycles. The predicted molar refractivity (Wildman–Crippen MR) is 207 cm³/mol. The van der Waals surface area contributed by atoms with Gasteiger partial charge < -0.3 is 4.42 Å². The molecule has 50 heavy (non-hydrogen) atoms. The third-order valence-electron chi connectivity index (χ3n) is 9.35. The highest BCUT2D eigenvalue weighted by Crippen LogP contribution is 2.45. The number of furan rings is 1. The van der Waals surface area contributed by atoms with Crippen LogP contribution in [0.2, 0.25) is 0 Å². The summed E-state index contributed by atoms with van der Waals surface area (Å²) in [5, 5.41) is 4.71. The summed E-state index contributed by atoms with van der Waals surface area (Å²) in [5.41, 5.74) is 9.26. The Labute approximate surface area is 292 Å². The van der Waals surface area contributed by atoms with Crippen molar-refractivity contribution in [2.45, 2.75) is 0 Å². The summed E-state index contributed by atoms with van der Waals surface area (Å²) < 4.78 is 9.08. The number of benzene rings is 7. The molecular formula is C45H27N3OS. The van der Waals surface area contributed by atoms with Gasteiger partial charge in [-0.15, -0.1) is 11.3 Å². The highest BCUT2D eigenvalue weighted by atomic mass is 32.1. The number of nitrogens with zero attached hydrogens (tertiary/aromatic N) is 3. The van der Waals surface area contributed by atoms with Gasteiger partial charge in [0, 0.05) is 47.6 Å². The van der Waals surface area contributed by atoms with Crippen LogP contribution in [0, 0.1) is 0 Å². The van der Waals surface area contributed by atoms with Gasteiger partial charge in [0.15, 0.2) is 17.5 Å². The molecule has 10 aromatic rings. The maximum Gasteiger partial charge on any atom is 0.164 e.